The lowest BCUT2D eigenvalue weighted by atomic mass is 10.1. The summed E-state index contributed by atoms with van der Waals surface area (Å²) in [7, 11) is 0. The predicted molar refractivity (Wildman–Crippen MR) is 99.7 cm³/mol. The van der Waals surface area contributed by atoms with E-state index in [1.54, 1.807) is 37.3 Å². The van der Waals surface area contributed by atoms with Crippen LogP contribution in [0.1, 0.15) is 24.1 Å². The molecule has 2 aromatic rings. The van der Waals surface area contributed by atoms with Gasteiger partial charge in [-0.2, -0.15) is 0 Å². The van der Waals surface area contributed by atoms with E-state index in [2.05, 4.69) is 16.0 Å². The van der Waals surface area contributed by atoms with E-state index in [9.17, 15) is 14.0 Å². The molecule has 0 aliphatic rings. The van der Waals surface area contributed by atoms with Crippen LogP contribution in [-0.4, -0.2) is 18.5 Å². The van der Waals surface area contributed by atoms with Crippen molar-refractivity contribution in [1.82, 2.24) is 16.0 Å². The Morgan fingerprint density at radius 2 is 1.77 bits per heavy atom. The fraction of sp³-hybridized carbons (Fsp3) is 0.222. The number of carbonyl (C=O) groups is 2. The smallest absolute Gasteiger partial charge is 0.315 e. The number of hydrogen-bond donors (Lipinski definition) is 3. The van der Waals surface area contributed by atoms with Gasteiger partial charge in [0.2, 0.25) is 5.91 Å². The summed E-state index contributed by atoms with van der Waals surface area (Å²) in [6.45, 7) is 1.82. The molecule has 138 valence electrons. The van der Waals surface area contributed by atoms with Crippen molar-refractivity contribution in [3.05, 3.63) is 69.5 Å². The first kappa shape index (κ1) is 20.0. The molecule has 2 aromatic carbocycles. The SMILES string of the molecule is C[C@@H](NC(=O)CNC(=O)NCc1ccc(F)cc1)c1ccc(Cl)cc1Cl. The van der Waals surface area contributed by atoms with E-state index >= 15 is 0 Å². The monoisotopic (exact) mass is 397 g/mol. The summed E-state index contributed by atoms with van der Waals surface area (Å²) in [5, 5.41) is 8.75. The lowest BCUT2D eigenvalue weighted by molar-refractivity contribution is -0.120. The van der Waals surface area contributed by atoms with Crippen molar-refractivity contribution >= 4 is 35.1 Å². The molecule has 3 amide bonds. The maximum atomic E-state index is 12.8. The molecular weight excluding hydrogens is 380 g/mol. The van der Waals surface area contributed by atoms with Crippen LogP contribution in [0.15, 0.2) is 42.5 Å². The van der Waals surface area contributed by atoms with Gasteiger partial charge in [0, 0.05) is 16.6 Å². The van der Waals surface area contributed by atoms with Gasteiger partial charge in [-0.25, -0.2) is 9.18 Å². The van der Waals surface area contributed by atoms with E-state index < -0.39 is 6.03 Å². The van der Waals surface area contributed by atoms with Gasteiger partial charge in [-0.15, -0.1) is 0 Å². The van der Waals surface area contributed by atoms with E-state index in [1.807, 2.05) is 0 Å². The Morgan fingerprint density at radius 3 is 2.42 bits per heavy atom. The minimum absolute atomic E-state index is 0.190. The van der Waals surface area contributed by atoms with Crippen molar-refractivity contribution in [3.8, 4) is 0 Å². The molecule has 0 saturated heterocycles. The minimum atomic E-state index is -0.498. The highest BCUT2D eigenvalue weighted by Crippen LogP contribution is 2.25. The number of benzene rings is 2. The van der Waals surface area contributed by atoms with Gasteiger partial charge in [0.25, 0.3) is 0 Å². The summed E-state index contributed by atoms with van der Waals surface area (Å²) >= 11 is 12.0. The third kappa shape index (κ3) is 6.20. The van der Waals surface area contributed by atoms with Gasteiger partial charge in [-0.05, 0) is 42.3 Å². The molecule has 3 N–H and O–H groups in total. The van der Waals surface area contributed by atoms with Gasteiger partial charge in [0.15, 0.2) is 0 Å². The van der Waals surface area contributed by atoms with Crippen molar-refractivity contribution in [2.24, 2.45) is 0 Å². The molecule has 2 rings (SSSR count). The minimum Gasteiger partial charge on any atom is -0.348 e. The Labute approximate surface area is 160 Å². The quantitative estimate of drug-likeness (QED) is 0.693. The zero-order valence-electron chi connectivity index (χ0n) is 14.0. The van der Waals surface area contributed by atoms with Crippen LogP contribution < -0.4 is 16.0 Å². The maximum Gasteiger partial charge on any atom is 0.315 e. The van der Waals surface area contributed by atoms with Gasteiger partial charge in [0.1, 0.15) is 5.82 Å². The molecule has 0 aromatic heterocycles. The number of halogens is 3. The fourth-order valence-corrected chi connectivity index (χ4v) is 2.80. The number of amides is 3. The average Bonchev–Trinajstić information content (AvgIpc) is 2.59. The maximum absolute atomic E-state index is 12.8. The third-order valence-electron chi connectivity index (χ3n) is 3.58. The first-order chi connectivity index (χ1) is 12.3. The molecular formula is C18H18Cl2FN3O2. The van der Waals surface area contributed by atoms with E-state index in [-0.39, 0.29) is 30.9 Å². The highest BCUT2D eigenvalue weighted by molar-refractivity contribution is 6.35. The van der Waals surface area contributed by atoms with Crippen molar-refractivity contribution in [2.75, 3.05) is 6.54 Å². The zero-order valence-corrected chi connectivity index (χ0v) is 15.5. The van der Waals surface area contributed by atoms with Crippen LogP contribution in [0.3, 0.4) is 0 Å². The lowest BCUT2D eigenvalue weighted by Gasteiger charge is -2.16. The molecule has 26 heavy (non-hydrogen) atoms. The van der Waals surface area contributed by atoms with Crippen molar-refractivity contribution < 1.29 is 14.0 Å². The number of hydrogen-bond acceptors (Lipinski definition) is 2. The highest BCUT2D eigenvalue weighted by Gasteiger charge is 2.13. The second-order valence-electron chi connectivity index (χ2n) is 5.62. The standard InChI is InChI=1S/C18H18Cl2FN3O2/c1-11(15-7-4-13(19)8-16(15)20)24-17(25)10-23-18(26)22-9-12-2-5-14(21)6-3-12/h2-8,11H,9-10H2,1H3,(H,24,25)(H2,22,23,26)/t11-/m1/s1. The summed E-state index contributed by atoms with van der Waals surface area (Å²) in [5.74, 6) is -0.703. The van der Waals surface area contributed by atoms with Crippen LogP contribution in [0.5, 0.6) is 0 Å². The summed E-state index contributed by atoms with van der Waals surface area (Å²) in [6, 6.07) is 9.95. The molecule has 0 aliphatic carbocycles. The second-order valence-corrected chi connectivity index (χ2v) is 6.46. The average molecular weight is 398 g/mol. The second kappa shape index (κ2) is 9.40. The van der Waals surface area contributed by atoms with Crippen LogP contribution in [-0.2, 0) is 11.3 Å². The van der Waals surface area contributed by atoms with Crippen molar-refractivity contribution in [3.63, 3.8) is 0 Å². The van der Waals surface area contributed by atoms with E-state index in [0.29, 0.717) is 10.0 Å². The molecule has 0 aliphatic heterocycles. The van der Waals surface area contributed by atoms with Crippen LogP contribution in [0.25, 0.3) is 0 Å². The lowest BCUT2D eigenvalue weighted by Crippen LogP contribution is -2.42. The summed E-state index contributed by atoms with van der Waals surface area (Å²) < 4.78 is 12.8. The molecule has 1 atom stereocenters. The summed E-state index contributed by atoms with van der Waals surface area (Å²) in [5.41, 5.74) is 1.47. The zero-order chi connectivity index (χ0) is 19.1. The largest absolute Gasteiger partial charge is 0.348 e. The Bertz CT molecular complexity index is 785. The number of rotatable bonds is 6. The summed E-state index contributed by atoms with van der Waals surface area (Å²) in [4.78, 5) is 23.7. The van der Waals surface area contributed by atoms with Crippen LogP contribution >= 0.6 is 23.2 Å². The van der Waals surface area contributed by atoms with Gasteiger partial charge in [-0.3, -0.25) is 4.79 Å². The molecule has 0 bridgehead atoms. The van der Waals surface area contributed by atoms with E-state index in [0.717, 1.165) is 11.1 Å². The Hall–Kier alpha value is -2.31. The van der Waals surface area contributed by atoms with Crippen LogP contribution in [0, 0.1) is 5.82 Å². The molecule has 0 saturated carbocycles. The third-order valence-corrected chi connectivity index (χ3v) is 4.14. The number of carbonyl (C=O) groups excluding carboxylic acids is 2. The van der Waals surface area contributed by atoms with Gasteiger partial charge in [-0.1, -0.05) is 41.4 Å². The van der Waals surface area contributed by atoms with Gasteiger partial charge >= 0.3 is 6.03 Å². The van der Waals surface area contributed by atoms with Crippen molar-refractivity contribution in [1.29, 1.82) is 0 Å². The molecule has 8 heteroatoms. The van der Waals surface area contributed by atoms with Crippen LogP contribution in [0.4, 0.5) is 9.18 Å². The normalized spacial score (nSPS) is 11.5. The molecule has 0 radical (unpaired) electrons. The Kier molecular flexibility index (Phi) is 7.24. The van der Waals surface area contributed by atoms with Crippen LogP contribution in [0.2, 0.25) is 10.0 Å². The summed E-state index contributed by atoms with van der Waals surface area (Å²) in [6.07, 6.45) is 0. The van der Waals surface area contributed by atoms with Crippen molar-refractivity contribution in [2.45, 2.75) is 19.5 Å². The highest BCUT2D eigenvalue weighted by atomic mass is 35.5. The van der Waals surface area contributed by atoms with E-state index in [4.69, 9.17) is 23.2 Å². The Balaban J connectivity index is 1.75. The first-order valence-electron chi connectivity index (χ1n) is 7.85. The Morgan fingerprint density at radius 1 is 1.08 bits per heavy atom. The molecule has 0 unspecified atom stereocenters. The van der Waals surface area contributed by atoms with E-state index in [1.165, 1.54) is 12.1 Å². The molecule has 0 heterocycles. The molecule has 0 spiro atoms. The first-order valence-corrected chi connectivity index (χ1v) is 8.61. The predicted octanol–water partition coefficient (Wildman–Crippen LogP) is 3.81. The molecule has 0 fully saturated rings. The van der Waals surface area contributed by atoms with Gasteiger partial charge in [0.05, 0.1) is 12.6 Å². The topological polar surface area (TPSA) is 70.2 Å². The van der Waals surface area contributed by atoms with Gasteiger partial charge < -0.3 is 16.0 Å². The fourth-order valence-electron chi connectivity index (χ4n) is 2.23. The number of urea groups is 1. The number of nitrogens with one attached hydrogen (secondary N) is 3. The molecule has 5 nitrogen and oxygen atoms in total.